The first-order chi connectivity index (χ1) is 9.60. The molecule has 0 saturated carbocycles. The predicted molar refractivity (Wildman–Crippen MR) is 81.3 cm³/mol. The van der Waals surface area contributed by atoms with Gasteiger partial charge in [-0.05, 0) is 38.1 Å². The van der Waals surface area contributed by atoms with Crippen molar-refractivity contribution in [1.82, 2.24) is 4.98 Å². The second kappa shape index (κ2) is 6.72. The summed E-state index contributed by atoms with van der Waals surface area (Å²) in [5, 5.41) is 6.55. The second-order valence-corrected chi connectivity index (χ2v) is 5.63. The van der Waals surface area contributed by atoms with Crippen LogP contribution in [0.25, 0.3) is 0 Å². The molecule has 2 rings (SSSR count). The summed E-state index contributed by atoms with van der Waals surface area (Å²) < 4.78 is 5.10. The Labute approximate surface area is 126 Å². The average molecular weight is 311 g/mol. The van der Waals surface area contributed by atoms with Crippen LogP contribution in [0.3, 0.4) is 0 Å². The SMILES string of the molecule is CCOC(=O)C(Nc1ccc(Cl)cc1)c1csc(C)n1. The predicted octanol–water partition coefficient (Wildman–Crippen LogP) is 3.82. The molecule has 1 heterocycles. The summed E-state index contributed by atoms with van der Waals surface area (Å²) in [6, 6.07) is 6.54. The van der Waals surface area contributed by atoms with Gasteiger partial charge in [0.2, 0.25) is 0 Å². The molecule has 0 amide bonds. The maximum Gasteiger partial charge on any atom is 0.334 e. The molecule has 1 aromatic heterocycles. The molecule has 20 heavy (non-hydrogen) atoms. The van der Waals surface area contributed by atoms with Gasteiger partial charge in [-0.3, -0.25) is 0 Å². The Morgan fingerprint density at radius 1 is 1.45 bits per heavy atom. The van der Waals surface area contributed by atoms with Crippen molar-refractivity contribution in [2.45, 2.75) is 19.9 Å². The molecule has 0 aliphatic rings. The first kappa shape index (κ1) is 14.8. The molecule has 0 saturated heterocycles. The number of hydrogen-bond acceptors (Lipinski definition) is 5. The van der Waals surface area contributed by atoms with E-state index in [1.54, 1.807) is 19.1 Å². The number of aryl methyl sites for hydroxylation is 1. The van der Waals surface area contributed by atoms with E-state index in [-0.39, 0.29) is 5.97 Å². The molecule has 0 radical (unpaired) electrons. The zero-order valence-electron chi connectivity index (χ0n) is 11.2. The smallest absolute Gasteiger partial charge is 0.334 e. The normalized spacial score (nSPS) is 11.9. The number of nitrogens with one attached hydrogen (secondary N) is 1. The van der Waals surface area contributed by atoms with E-state index in [2.05, 4.69) is 10.3 Å². The standard InChI is InChI=1S/C14H15ClN2O2S/c1-3-19-14(18)13(12-8-20-9(2)16-12)17-11-6-4-10(15)5-7-11/h4-8,13,17H,3H2,1-2H3. The van der Waals surface area contributed by atoms with Gasteiger partial charge < -0.3 is 10.1 Å². The summed E-state index contributed by atoms with van der Waals surface area (Å²) in [7, 11) is 0. The van der Waals surface area contributed by atoms with Crippen molar-refractivity contribution < 1.29 is 9.53 Å². The van der Waals surface area contributed by atoms with Gasteiger partial charge >= 0.3 is 5.97 Å². The molecule has 0 bridgehead atoms. The third-order valence-electron chi connectivity index (χ3n) is 2.61. The highest BCUT2D eigenvalue weighted by molar-refractivity contribution is 7.09. The number of nitrogens with zero attached hydrogens (tertiary/aromatic N) is 1. The van der Waals surface area contributed by atoms with Gasteiger partial charge in [0.15, 0.2) is 6.04 Å². The minimum atomic E-state index is -0.610. The van der Waals surface area contributed by atoms with Crippen LogP contribution in [0.4, 0.5) is 5.69 Å². The monoisotopic (exact) mass is 310 g/mol. The number of esters is 1. The highest BCUT2D eigenvalue weighted by atomic mass is 35.5. The third kappa shape index (κ3) is 3.71. The van der Waals surface area contributed by atoms with Crippen molar-refractivity contribution in [1.29, 1.82) is 0 Å². The first-order valence-corrected chi connectivity index (χ1v) is 7.46. The fourth-order valence-corrected chi connectivity index (χ4v) is 2.47. The molecular weight excluding hydrogens is 296 g/mol. The van der Waals surface area contributed by atoms with E-state index in [0.717, 1.165) is 10.7 Å². The van der Waals surface area contributed by atoms with Crippen LogP contribution in [0.1, 0.15) is 23.7 Å². The van der Waals surface area contributed by atoms with Gasteiger partial charge in [-0.2, -0.15) is 0 Å². The number of thiazole rings is 1. The summed E-state index contributed by atoms with van der Waals surface area (Å²) in [6.07, 6.45) is 0. The summed E-state index contributed by atoms with van der Waals surface area (Å²) in [4.78, 5) is 16.4. The number of anilines is 1. The summed E-state index contributed by atoms with van der Waals surface area (Å²) >= 11 is 7.35. The molecule has 0 spiro atoms. The van der Waals surface area contributed by atoms with Crippen molar-refractivity contribution in [3.8, 4) is 0 Å². The summed E-state index contributed by atoms with van der Waals surface area (Å²) in [5.74, 6) is -0.340. The van der Waals surface area contributed by atoms with Crippen LogP contribution in [0, 0.1) is 6.92 Å². The molecular formula is C14H15ClN2O2S. The van der Waals surface area contributed by atoms with E-state index in [4.69, 9.17) is 16.3 Å². The minimum Gasteiger partial charge on any atom is -0.464 e. The number of hydrogen-bond donors (Lipinski definition) is 1. The lowest BCUT2D eigenvalue weighted by Crippen LogP contribution is -2.23. The van der Waals surface area contributed by atoms with E-state index >= 15 is 0 Å². The topological polar surface area (TPSA) is 51.2 Å². The molecule has 0 aliphatic heterocycles. The molecule has 1 atom stereocenters. The highest BCUT2D eigenvalue weighted by Crippen LogP contribution is 2.23. The summed E-state index contributed by atoms with van der Waals surface area (Å²) in [5.41, 5.74) is 1.46. The number of halogens is 1. The molecule has 0 aliphatic carbocycles. The van der Waals surface area contributed by atoms with E-state index in [9.17, 15) is 4.79 Å². The third-order valence-corrected chi connectivity index (χ3v) is 3.65. The van der Waals surface area contributed by atoms with Crippen LogP contribution < -0.4 is 5.32 Å². The molecule has 0 fully saturated rings. The van der Waals surface area contributed by atoms with Gasteiger partial charge in [-0.15, -0.1) is 11.3 Å². The molecule has 4 nitrogen and oxygen atoms in total. The second-order valence-electron chi connectivity index (χ2n) is 4.13. The lowest BCUT2D eigenvalue weighted by atomic mass is 10.2. The largest absolute Gasteiger partial charge is 0.464 e. The number of rotatable bonds is 5. The summed E-state index contributed by atoms with van der Waals surface area (Å²) in [6.45, 7) is 4.02. The molecule has 6 heteroatoms. The van der Waals surface area contributed by atoms with Crippen LogP contribution in [0.5, 0.6) is 0 Å². The van der Waals surface area contributed by atoms with E-state index in [0.29, 0.717) is 17.3 Å². The Bertz CT molecular complexity index is 583. The van der Waals surface area contributed by atoms with Crippen LogP contribution in [0.15, 0.2) is 29.6 Å². The van der Waals surface area contributed by atoms with Crippen LogP contribution in [-0.2, 0) is 9.53 Å². The minimum absolute atomic E-state index is 0.334. The van der Waals surface area contributed by atoms with Crippen molar-refractivity contribution in [2.75, 3.05) is 11.9 Å². The molecule has 1 N–H and O–H groups in total. The molecule has 2 aromatic rings. The first-order valence-electron chi connectivity index (χ1n) is 6.21. The quantitative estimate of drug-likeness (QED) is 0.853. The van der Waals surface area contributed by atoms with Crippen LogP contribution in [0.2, 0.25) is 5.02 Å². The zero-order valence-corrected chi connectivity index (χ0v) is 12.8. The Kier molecular flexibility index (Phi) is 4.98. The highest BCUT2D eigenvalue weighted by Gasteiger charge is 2.24. The number of ether oxygens (including phenoxy) is 1. The lowest BCUT2D eigenvalue weighted by Gasteiger charge is -2.16. The number of carbonyl (C=O) groups excluding carboxylic acids is 1. The maximum atomic E-state index is 12.1. The molecule has 106 valence electrons. The Hall–Kier alpha value is -1.59. The maximum absolute atomic E-state index is 12.1. The fraction of sp³-hybridized carbons (Fsp3) is 0.286. The van der Waals surface area contributed by atoms with Gasteiger partial charge in [-0.1, -0.05) is 11.6 Å². The van der Waals surface area contributed by atoms with Crippen molar-refractivity contribution in [2.24, 2.45) is 0 Å². The van der Waals surface area contributed by atoms with E-state index < -0.39 is 6.04 Å². The van der Waals surface area contributed by atoms with Crippen molar-refractivity contribution >= 4 is 34.6 Å². The van der Waals surface area contributed by atoms with E-state index in [1.165, 1.54) is 11.3 Å². The van der Waals surface area contributed by atoms with Gasteiger partial charge in [0.05, 0.1) is 17.3 Å². The zero-order chi connectivity index (χ0) is 14.5. The number of carbonyl (C=O) groups is 1. The van der Waals surface area contributed by atoms with E-state index in [1.807, 2.05) is 24.4 Å². The Morgan fingerprint density at radius 3 is 2.70 bits per heavy atom. The Balaban J connectivity index is 2.22. The van der Waals surface area contributed by atoms with Crippen molar-refractivity contribution in [3.63, 3.8) is 0 Å². The van der Waals surface area contributed by atoms with Crippen molar-refractivity contribution in [3.05, 3.63) is 45.4 Å². The average Bonchev–Trinajstić information content (AvgIpc) is 2.84. The van der Waals surface area contributed by atoms with Crippen LogP contribution in [-0.4, -0.2) is 17.6 Å². The van der Waals surface area contributed by atoms with Crippen LogP contribution >= 0.6 is 22.9 Å². The van der Waals surface area contributed by atoms with Gasteiger partial charge in [-0.25, -0.2) is 9.78 Å². The lowest BCUT2D eigenvalue weighted by molar-refractivity contribution is -0.144. The Morgan fingerprint density at radius 2 is 2.15 bits per heavy atom. The van der Waals surface area contributed by atoms with Gasteiger partial charge in [0.1, 0.15) is 0 Å². The molecule has 1 aromatic carbocycles. The van der Waals surface area contributed by atoms with Gasteiger partial charge in [0, 0.05) is 16.1 Å². The fourth-order valence-electron chi connectivity index (χ4n) is 1.70. The number of benzene rings is 1. The van der Waals surface area contributed by atoms with Gasteiger partial charge in [0.25, 0.3) is 0 Å². The molecule has 1 unspecified atom stereocenters. The number of aromatic nitrogens is 1.